The number of anilines is 1. The number of fused-ring (bicyclic) bond motifs is 1. The van der Waals surface area contributed by atoms with Gasteiger partial charge in [-0.3, -0.25) is 14.5 Å². The molecule has 1 aliphatic carbocycles. The van der Waals surface area contributed by atoms with E-state index < -0.39 is 11.7 Å². The molecular weight excluding hydrogens is 383 g/mol. The van der Waals surface area contributed by atoms with E-state index in [-0.39, 0.29) is 29.8 Å². The van der Waals surface area contributed by atoms with E-state index in [1.54, 1.807) is 42.5 Å². The molecule has 2 atom stereocenters. The van der Waals surface area contributed by atoms with Crippen LogP contribution in [0.3, 0.4) is 0 Å². The Hall–Kier alpha value is -3.15. The Kier molecular flexibility index (Phi) is 5.84. The zero-order chi connectivity index (χ0) is 21.1. The number of amides is 2. The van der Waals surface area contributed by atoms with Gasteiger partial charge >= 0.3 is 0 Å². The molecule has 0 aromatic heterocycles. The van der Waals surface area contributed by atoms with Crippen molar-refractivity contribution in [2.45, 2.75) is 38.6 Å². The molecule has 1 fully saturated rings. The van der Waals surface area contributed by atoms with Crippen LogP contribution in [0.15, 0.2) is 54.3 Å². The molecule has 2 amide bonds. The van der Waals surface area contributed by atoms with Gasteiger partial charge in [0.15, 0.2) is 11.5 Å². The Labute approximate surface area is 175 Å². The maximum atomic E-state index is 14.1. The van der Waals surface area contributed by atoms with Gasteiger partial charge in [-0.25, -0.2) is 4.39 Å². The molecule has 6 heteroatoms. The van der Waals surface area contributed by atoms with E-state index in [4.69, 9.17) is 4.74 Å². The van der Waals surface area contributed by atoms with Crippen molar-refractivity contribution >= 4 is 23.6 Å². The molecule has 156 valence electrons. The topological polar surface area (TPSA) is 58.6 Å². The first-order valence-electron chi connectivity index (χ1n) is 10.4. The highest BCUT2D eigenvalue weighted by molar-refractivity contribution is 6.12. The molecule has 0 radical (unpaired) electrons. The van der Waals surface area contributed by atoms with Gasteiger partial charge in [-0.1, -0.05) is 50.1 Å². The van der Waals surface area contributed by atoms with Gasteiger partial charge < -0.3 is 10.1 Å². The van der Waals surface area contributed by atoms with Crippen LogP contribution in [0.2, 0.25) is 0 Å². The van der Waals surface area contributed by atoms with E-state index in [2.05, 4.69) is 12.2 Å². The van der Waals surface area contributed by atoms with Crippen LogP contribution in [-0.2, 0) is 9.59 Å². The molecule has 2 aromatic rings. The minimum atomic E-state index is -0.469. The lowest BCUT2D eigenvalue weighted by atomic mass is 9.86. The number of nitrogens with zero attached hydrogens (tertiary/aromatic N) is 1. The van der Waals surface area contributed by atoms with Crippen LogP contribution in [0, 0.1) is 11.7 Å². The fraction of sp³-hybridized carbons (Fsp3) is 0.333. The molecule has 0 saturated heterocycles. The fourth-order valence-corrected chi connectivity index (χ4v) is 4.08. The summed E-state index contributed by atoms with van der Waals surface area (Å²) < 4.78 is 19.8. The summed E-state index contributed by atoms with van der Waals surface area (Å²) in [5, 5.41) is 3.09. The maximum Gasteiger partial charge on any atom is 0.294 e. The Morgan fingerprint density at radius 3 is 2.70 bits per heavy atom. The van der Waals surface area contributed by atoms with E-state index in [1.165, 1.54) is 23.5 Å². The number of carbonyl (C=O) groups excluding carboxylic acids is 2. The van der Waals surface area contributed by atoms with Crippen LogP contribution in [0.5, 0.6) is 5.75 Å². The highest BCUT2D eigenvalue weighted by Crippen LogP contribution is 2.35. The van der Waals surface area contributed by atoms with Gasteiger partial charge in [0, 0.05) is 11.6 Å². The smallest absolute Gasteiger partial charge is 0.294 e. The standard InChI is InChI=1S/C24H25FN2O3/c1-16-8-2-5-11-19(16)26-23(28)15-27-20-12-6-7-13-21(20)30-22(24(27)29)14-17-9-3-4-10-18(17)25/h3-4,6-7,9-10,12-14,16,19H,2,5,8,11,15H2,1H3,(H,26,28)/b22-14-. The minimum Gasteiger partial charge on any atom is -0.449 e. The first-order chi connectivity index (χ1) is 14.5. The second-order valence-electron chi connectivity index (χ2n) is 7.93. The highest BCUT2D eigenvalue weighted by Gasteiger charge is 2.32. The van der Waals surface area contributed by atoms with Gasteiger partial charge in [-0.15, -0.1) is 0 Å². The predicted molar refractivity (Wildman–Crippen MR) is 113 cm³/mol. The summed E-state index contributed by atoms with van der Waals surface area (Å²) in [5.74, 6) is -0.258. The predicted octanol–water partition coefficient (Wildman–Crippen LogP) is 4.29. The second kappa shape index (κ2) is 8.69. The summed E-state index contributed by atoms with van der Waals surface area (Å²) in [6, 6.07) is 13.3. The first-order valence-corrected chi connectivity index (χ1v) is 10.4. The number of halogens is 1. The van der Waals surface area contributed by atoms with Gasteiger partial charge in [-0.05, 0) is 43.0 Å². The maximum absolute atomic E-state index is 14.1. The zero-order valence-electron chi connectivity index (χ0n) is 16.9. The summed E-state index contributed by atoms with van der Waals surface area (Å²) in [7, 11) is 0. The average molecular weight is 408 g/mol. The van der Waals surface area contributed by atoms with Crippen molar-refractivity contribution < 1.29 is 18.7 Å². The Bertz CT molecular complexity index is 988. The number of para-hydroxylation sites is 2. The van der Waals surface area contributed by atoms with E-state index >= 15 is 0 Å². The lowest BCUT2D eigenvalue weighted by Gasteiger charge is -2.32. The van der Waals surface area contributed by atoms with E-state index in [0.29, 0.717) is 17.4 Å². The molecule has 1 heterocycles. The molecule has 0 spiro atoms. The summed E-state index contributed by atoms with van der Waals surface area (Å²) in [5.41, 5.74) is 0.778. The SMILES string of the molecule is CC1CCCCC1NC(=O)CN1C(=O)/C(=C/c2ccccc2F)Oc2ccccc21. The molecule has 2 aromatic carbocycles. The number of ether oxygens (including phenoxy) is 1. The Morgan fingerprint density at radius 2 is 1.90 bits per heavy atom. The number of carbonyl (C=O) groups is 2. The molecule has 1 N–H and O–H groups in total. The number of hydrogen-bond acceptors (Lipinski definition) is 3. The van der Waals surface area contributed by atoms with Gasteiger partial charge in [-0.2, -0.15) is 0 Å². The van der Waals surface area contributed by atoms with Crippen molar-refractivity contribution in [2.24, 2.45) is 5.92 Å². The van der Waals surface area contributed by atoms with Crippen LogP contribution in [-0.4, -0.2) is 24.4 Å². The third-order valence-corrected chi connectivity index (χ3v) is 5.78. The van der Waals surface area contributed by atoms with E-state index in [0.717, 1.165) is 19.3 Å². The molecule has 30 heavy (non-hydrogen) atoms. The third kappa shape index (κ3) is 4.22. The van der Waals surface area contributed by atoms with Crippen molar-refractivity contribution in [2.75, 3.05) is 11.4 Å². The van der Waals surface area contributed by atoms with Crippen molar-refractivity contribution in [1.82, 2.24) is 5.32 Å². The first kappa shape index (κ1) is 20.1. The van der Waals surface area contributed by atoms with Crippen molar-refractivity contribution in [3.63, 3.8) is 0 Å². The molecule has 2 unspecified atom stereocenters. The Morgan fingerprint density at radius 1 is 1.17 bits per heavy atom. The molecule has 2 aliphatic rings. The summed E-state index contributed by atoms with van der Waals surface area (Å²) in [6.07, 6.45) is 5.72. The Balaban J connectivity index is 1.58. The molecule has 1 saturated carbocycles. The van der Waals surface area contributed by atoms with Crippen LogP contribution >= 0.6 is 0 Å². The minimum absolute atomic E-state index is 0.0161. The lowest BCUT2D eigenvalue weighted by molar-refractivity contribution is -0.124. The molecule has 0 bridgehead atoms. The van der Waals surface area contributed by atoms with Crippen LogP contribution in [0.1, 0.15) is 38.2 Å². The number of rotatable bonds is 4. The van der Waals surface area contributed by atoms with Gasteiger partial charge in [0.25, 0.3) is 5.91 Å². The third-order valence-electron chi connectivity index (χ3n) is 5.78. The van der Waals surface area contributed by atoms with Crippen LogP contribution in [0.25, 0.3) is 6.08 Å². The molecule has 5 nitrogen and oxygen atoms in total. The molecular formula is C24H25FN2O3. The van der Waals surface area contributed by atoms with Crippen molar-refractivity contribution in [1.29, 1.82) is 0 Å². The van der Waals surface area contributed by atoms with Crippen LogP contribution in [0.4, 0.5) is 10.1 Å². The summed E-state index contributed by atoms with van der Waals surface area (Å²) in [6.45, 7) is 2.03. The largest absolute Gasteiger partial charge is 0.449 e. The normalized spacial score (nSPS) is 22.4. The second-order valence-corrected chi connectivity index (χ2v) is 7.93. The summed E-state index contributed by atoms with van der Waals surface area (Å²) in [4.78, 5) is 27.3. The lowest BCUT2D eigenvalue weighted by Crippen LogP contribution is -2.48. The van der Waals surface area contributed by atoms with E-state index in [1.807, 2.05) is 0 Å². The average Bonchev–Trinajstić information content (AvgIpc) is 2.74. The van der Waals surface area contributed by atoms with Gasteiger partial charge in [0.2, 0.25) is 5.91 Å². The summed E-state index contributed by atoms with van der Waals surface area (Å²) >= 11 is 0. The molecule has 4 rings (SSSR count). The number of hydrogen-bond donors (Lipinski definition) is 1. The number of benzene rings is 2. The van der Waals surface area contributed by atoms with Crippen molar-refractivity contribution in [3.05, 3.63) is 65.7 Å². The van der Waals surface area contributed by atoms with E-state index in [9.17, 15) is 14.0 Å². The highest BCUT2D eigenvalue weighted by atomic mass is 19.1. The van der Waals surface area contributed by atoms with Crippen LogP contribution < -0.4 is 15.0 Å². The van der Waals surface area contributed by atoms with Gasteiger partial charge in [0.05, 0.1) is 5.69 Å². The van der Waals surface area contributed by atoms with Gasteiger partial charge in [0.1, 0.15) is 12.4 Å². The zero-order valence-corrected chi connectivity index (χ0v) is 16.9. The molecule has 1 aliphatic heterocycles. The number of nitrogens with one attached hydrogen (secondary N) is 1. The fourth-order valence-electron chi connectivity index (χ4n) is 4.08. The quantitative estimate of drug-likeness (QED) is 0.768. The van der Waals surface area contributed by atoms with Crippen molar-refractivity contribution in [3.8, 4) is 5.75 Å². The monoisotopic (exact) mass is 408 g/mol.